The molecule has 15 heteroatoms. The molecule has 1 fully saturated rings. The number of carbonyl (C=O) groups is 5. The van der Waals surface area contributed by atoms with Gasteiger partial charge in [-0.3, -0.25) is 29.4 Å². The van der Waals surface area contributed by atoms with E-state index in [1.54, 1.807) is 36.6 Å². The molecule has 0 aromatic heterocycles. The van der Waals surface area contributed by atoms with Gasteiger partial charge in [-0.05, 0) is 61.8 Å². The molecular weight excluding hydrogens is 675 g/mol. The van der Waals surface area contributed by atoms with Crippen LogP contribution in [-0.2, 0) is 35.1 Å². The number of aromatic hydroxyl groups is 1. The largest absolute Gasteiger partial charge is 0.508 e. The van der Waals surface area contributed by atoms with Crippen molar-refractivity contribution in [3.63, 3.8) is 0 Å². The van der Waals surface area contributed by atoms with Gasteiger partial charge in [-0.1, -0.05) is 59.6 Å². The summed E-state index contributed by atoms with van der Waals surface area (Å²) in [6, 6.07) is 4.71. The molecular formula is C36H57N7O7S. The highest BCUT2D eigenvalue weighted by Gasteiger charge is 2.36. The van der Waals surface area contributed by atoms with Gasteiger partial charge in [0.1, 0.15) is 29.0 Å². The number of benzene rings is 1. The minimum Gasteiger partial charge on any atom is -0.508 e. The first-order valence-corrected chi connectivity index (χ1v) is 18.9. The van der Waals surface area contributed by atoms with E-state index < -0.39 is 47.4 Å². The molecule has 9 N–H and O–H groups in total. The first-order chi connectivity index (χ1) is 24.2. The standard InChI is InChI=1S/C36H57N7O7S/c1-7-21(4)31(42-33(47)27-10-8-9-15-38-27)35(49)40-28(20(2)3)18-30(50-23(6)44)36-41-29(19-51-36)34(48)39-25(16-22(5)32(46)43-37)17-24-11-13-26(45)14-12-24/h11-14,19-22,25,27-28,30-31,36,38,41,45H,7-10,15-18,37H2,1-6H3,(H,39,48)(H,40,49)(H,42,47)(H,43,46)/t21?,22-,25+,27+,28+,30+,31-,36?/m0/s1. The van der Waals surface area contributed by atoms with Crippen molar-refractivity contribution in [2.75, 3.05) is 6.54 Å². The van der Waals surface area contributed by atoms with Crippen molar-refractivity contribution in [3.05, 3.63) is 40.9 Å². The first-order valence-electron chi connectivity index (χ1n) is 17.9. The molecule has 51 heavy (non-hydrogen) atoms. The second-order valence-corrected chi connectivity index (χ2v) is 15.1. The number of phenolic OH excluding ortho intramolecular Hbond substituents is 1. The topological polar surface area (TPSA) is 213 Å². The molecule has 14 nitrogen and oxygen atoms in total. The Morgan fingerprint density at radius 2 is 1.71 bits per heavy atom. The molecule has 0 aliphatic carbocycles. The fourth-order valence-electron chi connectivity index (χ4n) is 6.21. The molecule has 2 heterocycles. The maximum atomic E-state index is 13.7. The highest BCUT2D eigenvalue weighted by atomic mass is 32.2. The van der Waals surface area contributed by atoms with Crippen molar-refractivity contribution in [1.82, 2.24) is 32.0 Å². The Kier molecular flexibility index (Phi) is 16.5. The Morgan fingerprint density at radius 1 is 1.00 bits per heavy atom. The molecule has 0 spiro atoms. The van der Waals surface area contributed by atoms with E-state index in [2.05, 4.69) is 32.0 Å². The number of hydrogen-bond donors (Lipinski definition) is 8. The summed E-state index contributed by atoms with van der Waals surface area (Å²) >= 11 is 1.30. The van der Waals surface area contributed by atoms with Gasteiger partial charge in [-0.2, -0.15) is 0 Å². The van der Waals surface area contributed by atoms with Crippen LogP contribution in [-0.4, -0.2) is 76.9 Å². The number of ether oxygens (including phenoxy) is 1. The van der Waals surface area contributed by atoms with Crippen LogP contribution < -0.4 is 37.9 Å². The lowest BCUT2D eigenvalue weighted by molar-refractivity contribution is -0.147. The molecule has 2 unspecified atom stereocenters. The molecule has 2 aliphatic rings. The minimum atomic E-state index is -0.733. The van der Waals surface area contributed by atoms with Gasteiger partial charge in [0.05, 0.1) is 6.04 Å². The molecule has 8 atom stereocenters. The van der Waals surface area contributed by atoms with Crippen LogP contribution in [0.2, 0.25) is 0 Å². The lowest BCUT2D eigenvalue weighted by atomic mass is 9.94. The third-order valence-corrected chi connectivity index (χ3v) is 10.6. The van der Waals surface area contributed by atoms with Crippen LogP contribution in [0.15, 0.2) is 35.4 Å². The average molecular weight is 732 g/mol. The lowest BCUT2D eigenvalue weighted by Gasteiger charge is -2.33. The molecule has 1 saturated heterocycles. The van der Waals surface area contributed by atoms with Crippen LogP contribution in [0.25, 0.3) is 0 Å². The number of piperidine rings is 1. The van der Waals surface area contributed by atoms with Crippen molar-refractivity contribution >= 4 is 41.4 Å². The molecule has 284 valence electrons. The van der Waals surface area contributed by atoms with Gasteiger partial charge in [0.15, 0.2) is 0 Å². The Morgan fingerprint density at radius 3 is 2.29 bits per heavy atom. The third kappa shape index (κ3) is 13.0. The monoisotopic (exact) mass is 731 g/mol. The van der Waals surface area contributed by atoms with Gasteiger partial charge in [-0.15, -0.1) is 11.8 Å². The maximum Gasteiger partial charge on any atom is 0.303 e. The fraction of sp³-hybridized carbons (Fsp3) is 0.639. The summed E-state index contributed by atoms with van der Waals surface area (Å²) in [7, 11) is 0. The van der Waals surface area contributed by atoms with Crippen LogP contribution >= 0.6 is 11.8 Å². The number of thioether (sulfide) groups is 1. The molecule has 0 saturated carbocycles. The zero-order valence-corrected chi connectivity index (χ0v) is 31.4. The molecule has 1 aromatic rings. The predicted octanol–water partition coefficient (Wildman–Crippen LogP) is 2.08. The number of esters is 1. The zero-order chi connectivity index (χ0) is 37.7. The van der Waals surface area contributed by atoms with Crippen molar-refractivity contribution in [3.8, 4) is 5.75 Å². The summed E-state index contributed by atoms with van der Waals surface area (Å²) in [5.41, 5.74) is 3.29. The van der Waals surface area contributed by atoms with Gasteiger partial charge < -0.3 is 36.4 Å². The quantitative estimate of drug-likeness (QED) is 0.0474. The van der Waals surface area contributed by atoms with Gasteiger partial charge in [-0.25, -0.2) is 5.84 Å². The van der Waals surface area contributed by atoms with E-state index in [9.17, 15) is 29.1 Å². The molecule has 2 aliphatic heterocycles. The summed E-state index contributed by atoms with van der Waals surface area (Å²) in [4.78, 5) is 64.8. The van der Waals surface area contributed by atoms with Crippen molar-refractivity contribution in [2.45, 2.75) is 122 Å². The van der Waals surface area contributed by atoms with Crippen molar-refractivity contribution in [1.29, 1.82) is 0 Å². The highest BCUT2D eigenvalue weighted by Crippen LogP contribution is 2.29. The molecule has 0 bridgehead atoms. The Hall–Kier alpha value is -3.82. The SMILES string of the molecule is CCC(C)[C@H](NC(=O)[C@H]1CCCCN1)C(=O)N[C@H](C[C@@H](OC(C)=O)C1NC(C(=O)N[C@@H](Cc2ccc(O)cc2)C[C@H](C)C(=O)NN)=CS1)C(C)C. The normalized spacial score (nSPS) is 20.7. The number of hydrazine groups is 1. The number of rotatable bonds is 18. The number of hydrogen-bond acceptors (Lipinski definition) is 11. The Bertz CT molecular complexity index is 1370. The second-order valence-electron chi connectivity index (χ2n) is 14.0. The Labute approximate surface area is 305 Å². The number of phenols is 1. The number of nitrogens with one attached hydrogen (secondary N) is 6. The summed E-state index contributed by atoms with van der Waals surface area (Å²) in [5, 5.41) is 26.4. The second kappa shape index (κ2) is 20.3. The maximum absolute atomic E-state index is 13.7. The van der Waals surface area contributed by atoms with Gasteiger partial charge in [0.2, 0.25) is 17.7 Å². The Balaban J connectivity index is 1.70. The van der Waals surface area contributed by atoms with E-state index in [0.29, 0.717) is 19.3 Å². The highest BCUT2D eigenvalue weighted by molar-refractivity contribution is 8.03. The predicted molar refractivity (Wildman–Crippen MR) is 196 cm³/mol. The molecule has 1 aromatic carbocycles. The van der Waals surface area contributed by atoms with Crippen LogP contribution in [0, 0.1) is 17.8 Å². The van der Waals surface area contributed by atoms with Crippen LogP contribution in [0.4, 0.5) is 0 Å². The fourth-order valence-corrected chi connectivity index (χ4v) is 7.20. The van der Waals surface area contributed by atoms with Crippen LogP contribution in [0.3, 0.4) is 0 Å². The molecule has 3 rings (SSSR count). The summed E-state index contributed by atoms with van der Waals surface area (Å²) in [6.45, 7) is 11.6. The van der Waals surface area contributed by atoms with E-state index in [-0.39, 0.29) is 53.5 Å². The van der Waals surface area contributed by atoms with Crippen LogP contribution in [0.1, 0.15) is 85.6 Å². The number of amides is 4. The third-order valence-electron chi connectivity index (χ3n) is 9.55. The van der Waals surface area contributed by atoms with Crippen molar-refractivity contribution in [2.24, 2.45) is 23.6 Å². The lowest BCUT2D eigenvalue weighted by Crippen LogP contribution is -2.58. The molecule has 0 radical (unpaired) electrons. The molecule has 4 amide bonds. The van der Waals surface area contributed by atoms with Crippen molar-refractivity contribution < 1.29 is 33.8 Å². The first kappa shape index (κ1) is 41.6. The van der Waals surface area contributed by atoms with E-state index >= 15 is 0 Å². The van der Waals surface area contributed by atoms with Gasteiger partial charge in [0, 0.05) is 36.8 Å². The van der Waals surface area contributed by atoms with E-state index in [1.807, 2.05) is 27.7 Å². The van der Waals surface area contributed by atoms with E-state index in [4.69, 9.17) is 10.6 Å². The smallest absolute Gasteiger partial charge is 0.303 e. The average Bonchev–Trinajstić information content (AvgIpc) is 3.61. The zero-order valence-electron chi connectivity index (χ0n) is 30.6. The number of nitrogens with two attached hydrogens (primary N) is 1. The van der Waals surface area contributed by atoms with E-state index in [0.717, 1.165) is 31.4 Å². The minimum absolute atomic E-state index is 0.0456. The van der Waals surface area contributed by atoms with Crippen LogP contribution in [0.5, 0.6) is 5.75 Å². The van der Waals surface area contributed by atoms with Gasteiger partial charge in [0.25, 0.3) is 5.91 Å². The summed E-state index contributed by atoms with van der Waals surface area (Å²) in [5.74, 6) is 3.08. The summed E-state index contributed by atoms with van der Waals surface area (Å²) < 4.78 is 5.77. The van der Waals surface area contributed by atoms with E-state index in [1.165, 1.54) is 18.7 Å². The number of carbonyl (C=O) groups excluding carboxylic acids is 5. The van der Waals surface area contributed by atoms with Gasteiger partial charge >= 0.3 is 5.97 Å². The summed E-state index contributed by atoms with van der Waals surface area (Å²) in [6.07, 6.45) is 3.64.